The highest BCUT2D eigenvalue weighted by molar-refractivity contribution is 14.1. The Labute approximate surface area is 95.2 Å². The number of alkyl halides is 1. The molecule has 0 aliphatic carbocycles. The number of H-pyrrole nitrogens is 1. The second kappa shape index (κ2) is 5.79. The lowest BCUT2D eigenvalue weighted by Crippen LogP contribution is -2.25. The van der Waals surface area contributed by atoms with Crippen molar-refractivity contribution in [3.8, 4) is 0 Å². The summed E-state index contributed by atoms with van der Waals surface area (Å²) in [6, 6.07) is 2.85. The van der Waals surface area contributed by atoms with Gasteiger partial charge < -0.3 is 10.3 Å². The summed E-state index contributed by atoms with van der Waals surface area (Å²) in [5.41, 5.74) is 0.284. The van der Waals surface area contributed by atoms with Gasteiger partial charge in [0.25, 0.3) is 5.91 Å². The van der Waals surface area contributed by atoms with E-state index in [9.17, 15) is 9.59 Å². The van der Waals surface area contributed by atoms with Crippen LogP contribution in [0.4, 0.5) is 0 Å². The van der Waals surface area contributed by atoms with Crippen LogP contribution in [0.2, 0.25) is 0 Å². The number of nitrogens with one attached hydrogen (secondary N) is 2. The third-order valence-electron chi connectivity index (χ3n) is 1.64. The molecule has 0 spiro atoms. The van der Waals surface area contributed by atoms with Crippen molar-refractivity contribution < 1.29 is 4.79 Å². The zero-order chi connectivity index (χ0) is 10.4. The van der Waals surface area contributed by atoms with E-state index >= 15 is 0 Å². The Morgan fingerprint density at radius 3 is 2.86 bits per heavy atom. The molecule has 0 aliphatic heterocycles. The van der Waals surface area contributed by atoms with Crippen LogP contribution in [0.1, 0.15) is 16.8 Å². The minimum absolute atomic E-state index is 0.147. The van der Waals surface area contributed by atoms with Crippen LogP contribution in [-0.4, -0.2) is 21.9 Å². The fourth-order valence-corrected chi connectivity index (χ4v) is 1.30. The average Bonchev–Trinajstić information content (AvgIpc) is 2.19. The number of carbonyl (C=O) groups excluding carboxylic acids is 1. The lowest BCUT2D eigenvalue weighted by Gasteiger charge is -2.02. The molecule has 0 bridgehead atoms. The number of pyridine rings is 1. The molecule has 1 rings (SSSR count). The predicted molar refractivity (Wildman–Crippen MR) is 62.9 cm³/mol. The SMILES string of the molecule is O=C(NCCCI)c1ccc(=O)[nH]c1. The molecule has 5 heteroatoms. The molecule has 2 N–H and O–H groups in total. The lowest BCUT2D eigenvalue weighted by molar-refractivity contribution is 0.0953. The van der Waals surface area contributed by atoms with Crippen molar-refractivity contribution in [2.24, 2.45) is 0 Å². The first kappa shape index (κ1) is 11.2. The Hall–Kier alpha value is -0.850. The Kier molecular flexibility index (Phi) is 4.64. The largest absolute Gasteiger partial charge is 0.352 e. The van der Waals surface area contributed by atoms with Gasteiger partial charge in [0.2, 0.25) is 5.56 Å². The standard InChI is InChI=1S/C9H11IN2O2/c10-4-1-5-11-9(14)7-2-3-8(13)12-6-7/h2-3,6H,1,4-5H2,(H,11,14)(H,12,13). The van der Waals surface area contributed by atoms with Gasteiger partial charge in [-0.2, -0.15) is 0 Å². The van der Waals surface area contributed by atoms with Crippen LogP contribution in [0.15, 0.2) is 23.1 Å². The molecule has 1 aromatic heterocycles. The molecule has 0 atom stereocenters. The van der Waals surface area contributed by atoms with E-state index in [1.54, 1.807) is 0 Å². The molecule has 4 nitrogen and oxygen atoms in total. The topological polar surface area (TPSA) is 62.0 Å². The summed E-state index contributed by atoms with van der Waals surface area (Å²) in [5.74, 6) is -0.147. The minimum Gasteiger partial charge on any atom is -0.352 e. The van der Waals surface area contributed by atoms with Gasteiger partial charge in [0.05, 0.1) is 5.56 Å². The van der Waals surface area contributed by atoms with Gasteiger partial charge in [-0.15, -0.1) is 0 Å². The van der Waals surface area contributed by atoms with Crippen molar-refractivity contribution >= 4 is 28.5 Å². The Bertz CT molecular complexity index is 342. The summed E-state index contributed by atoms with van der Waals surface area (Å²) in [4.78, 5) is 24.6. The zero-order valence-corrected chi connectivity index (χ0v) is 9.71. The first-order valence-electron chi connectivity index (χ1n) is 4.27. The maximum Gasteiger partial charge on any atom is 0.252 e. The van der Waals surface area contributed by atoms with E-state index in [0.29, 0.717) is 12.1 Å². The van der Waals surface area contributed by atoms with E-state index < -0.39 is 0 Å². The second-order valence-corrected chi connectivity index (χ2v) is 3.82. The minimum atomic E-state index is -0.200. The lowest BCUT2D eigenvalue weighted by atomic mass is 10.2. The molecule has 0 unspecified atom stereocenters. The van der Waals surface area contributed by atoms with Gasteiger partial charge in [-0.3, -0.25) is 9.59 Å². The van der Waals surface area contributed by atoms with E-state index in [4.69, 9.17) is 0 Å². The highest BCUT2D eigenvalue weighted by Gasteiger charge is 2.03. The van der Waals surface area contributed by atoms with Crippen LogP contribution >= 0.6 is 22.6 Å². The zero-order valence-electron chi connectivity index (χ0n) is 7.55. The predicted octanol–water partition coefficient (Wildman–Crippen LogP) is 0.930. The van der Waals surface area contributed by atoms with E-state index in [1.165, 1.54) is 18.3 Å². The summed E-state index contributed by atoms with van der Waals surface area (Å²) in [6.07, 6.45) is 2.37. The van der Waals surface area contributed by atoms with Gasteiger partial charge in [-0.05, 0) is 12.5 Å². The van der Waals surface area contributed by atoms with Crippen LogP contribution < -0.4 is 10.9 Å². The number of hydrogen-bond acceptors (Lipinski definition) is 2. The van der Waals surface area contributed by atoms with Crippen LogP contribution in [0, 0.1) is 0 Å². The van der Waals surface area contributed by atoms with Crippen molar-refractivity contribution in [3.05, 3.63) is 34.2 Å². The molecule has 0 aromatic carbocycles. The number of carbonyl (C=O) groups is 1. The van der Waals surface area contributed by atoms with E-state index in [2.05, 4.69) is 32.9 Å². The van der Waals surface area contributed by atoms with Gasteiger partial charge >= 0.3 is 0 Å². The molecule has 1 amide bonds. The molecule has 1 heterocycles. The van der Waals surface area contributed by atoms with E-state index in [1.807, 2.05) is 0 Å². The number of hydrogen-bond donors (Lipinski definition) is 2. The molecule has 0 saturated carbocycles. The fraction of sp³-hybridized carbons (Fsp3) is 0.333. The number of aromatic amines is 1. The van der Waals surface area contributed by atoms with Crippen molar-refractivity contribution in [3.63, 3.8) is 0 Å². The second-order valence-electron chi connectivity index (χ2n) is 2.74. The number of rotatable bonds is 4. The third-order valence-corrected chi connectivity index (χ3v) is 2.41. The van der Waals surface area contributed by atoms with Gasteiger partial charge in [-0.1, -0.05) is 22.6 Å². The van der Waals surface area contributed by atoms with Gasteiger partial charge in [-0.25, -0.2) is 0 Å². The molecular weight excluding hydrogens is 295 g/mol. The van der Waals surface area contributed by atoms with E-state index in [0.717, 1.165) is 10.8 Å². The highest BCUT2D eigenvalue weighted by Crippen LogP contribution is 1.93. The number of aromatic nitrogens is 1. The maximum absolute atomic E-state index is 11.4. The normalized spacial score (nSPS) is 9.79. The fourth-order valence-electron chi connectivity index (χ4n) is 0.923. The Morgan fingerprint density at radius 2 is 2.29 bits per heavy atom. The number of halogens is 1. The molecule has 1 aromatic rings. The van der Waals surface area contributed by atoms with Crippen molar-refractivity contribution in [1.29, 1.82) is 0 Å². The summed E-state index contributed by atoms with van der Waals surface area (Å²) in [6.45, 7) is 0.668. The molecular formula is C9H11IN2O2. The van der Waals surface area contributed by atoms with Crippen LogP contribution in [-0.2, 0) is 0 Å². The Morgan fingerprint density at radius 1 is 1.50 bits per heavy atom. The molecule has 76 valence electrons. The van der Waals surface area contributed by atoms with Crippen molar-refractivity contribution in [2.75, 3.05) is 11.0 Å². The molecule has 14 heavy (non-hydrogen) atoms. The molecule has 0 aliphatic rings. The molecule has 0 saturated heterocycles. The monoisotopic (exact) mass is 306 g/mol. The molecule has 0 fully saturated rings. The summed E-state index contributed by atoms with van der Waals surface area (Å²) >= 11 is 2.25. The van der Waals surface area contributed by atoms with Crippen LogP contribution in [0.5, 0.6) is 0 Å². The summed E-state index contributed by atoms with van der Waals surface area (Å²) in [5, 5.41) is 2.75. The average molecular weight is 306 g/mol. The smallest absolute Gasteiger partial charge is 0.252 e. The number of amides is 1. The quantitative estimate of drug-likeness (QED) is 0.494. The highest BCUT2D eigenvalue weighted by atomic mass is 127. The van der Waals surface area contributed by atoms with Gasteiger partial charge in [0.15, 0.2) is 0 Å². The Balaban J connectivity index is 2.52. The first-order chi connectivity index (χ1) is 6.74. The summed E-state index contributed by atoms with van der Waals surface area (Å²) < 4.78 is 1.02. The molecule has 0 radical (unpaired) electrons. The first-order valence-corrected chi connectivity index (χ1v) is 5.79. The van der Waals surface area contributed by atoms with Gasteiger partial charge in [0.1, 0.15) is 0 Å². The van der Waals surface area contributed by atoms with Crippen LogP contribution in [0.25, 0.3) is 0 Å². The summed E-state index contributed by atoms with van der Waals surface area (Å²) in [7, 11) is 0. The van der Waals surface area contributed by atoms with Crippen molar-refractivity contribution in [1.82, 2.24) is 10.3 Å². The third kappa shape index (κ3) is 3.49. The van der Waals surface area contributed by atoms with Crippen molar-refractivity contribution in [2.45, 2.75) is 6.42 Å². The van der Waals surface area contributed by atoms with E-state index in [-0.39, 0.29) is 11.5 Å². The maximum atomic E-state index is 11.4. The van der Waals surface area contributed by atoms with Crippen LogP contribution in [0.3, 0.4) is 0 Å². The van der Waals surface area contributed by atoms with Gasteiger partial charge in [0, 0.05) is 23.2 Å².